The van der Waals surface area contributed by atoms with Gasteiger partial charge < -0.3 is 10.4 Å². The van der Waals surface area contributed by atoms with Gasteiger partial charge in [0.05, 0.1) is 14.7 Å². The van der Waals surface area contributed by atoms with Crippen molar-refractivity contribution in [1.82, 2.24) is 9.97 Å². The molecule has 2 N–H and O–H groups in total. The molecule has 0 bridgehead atoms. The number of thiophene rings is 1. The fraction of sp³-hybridized carbons (Fsp3) is 0.200. The Labute approximate surface area is 148 Å². The number of fused-ring (bicyclic) bond motifs is 1. The van der Waals surface area contributed by atoms with Crippen LogP contribution < -0.4 is 5.32 Å². The third kappa shape index (κ3) is 3.67. The van der Waals surface area contributed by atoms with Gasteiger partial charge in [0.1, 0.15) is 18.2 Å². The molecule has 24 heavy (non-hydrogen) atoms. The highest BCUT2D eigenvalue weighted by Crippen LogP contribution is 2.28. The summed E-state index contributed by atoms with van der Waals surface area (Å²) in [5.41, 5.74) is 0.619. The number of anilines is 1. The average Bonchev–Trinajstić information content (AvgIpc) is 2.97. The van der Waals surface area contributed by atoms with E-state index in [1.165, 1.54) is 29.8 Å². The summed E-state index contributed by atoms with van der Waals surface area (Å²) in [6.45, 7) is 0.214. The molecule has 0 unspecified atom stereocenters. The molecular formula is C15H14ClN3O3S2. The van der Waals surface area contributed by atoms with Crippen molar-refractivity contribution in [3.63, 3.8) is 0 Å². The number of halogens is 1. The maximum absolute atomic E-state index is 11.7. The number of hydrogen-bond donors (Lipinski definition) is 2. The van der Waals surface area contributed by atoms with Crippen molar-refractivity contribution in [3.8, 4) is 0 Å². The first-order valence-electron chi connectivity index (χ1n) is 6.96. The molecule has 0 aliphatic heterocycles. The van der Waals surface area contributed by atoms with Crippen LogP contribution in [0.25, 0.3) is 10.9 Å². The lowest BCUT2D eigenvalue weighted by Gasteiger charge is -2.12. The SMILES string of the molecule is CS(=O)(=O)c1ccc2ncnc(NC[C@@H](O)c3ccc(Cl)s3)c2c1. The summed E-state index contributed by atoms with van der Waals surface area (Å²) < 4.78 is 24.1. The monoisotopic (exact) mass is 383 g/mol. The fourth-order valence-corrected chi connectivity index (χ4v) is 3.90. The lowest BCUT2D eigenvalue weighted by atomic mass is 10.2. The number of aliphatic hydroxyl groups is 1. The van der Waals surface area contributed by atoms with Gasteiger partial charge in [0.25, 0.3) is 0 Å². The van der Waals surface area contributed by atoms with E-state index < -0.39 is 15.9 Å². The van der Waals surface area contributed by atoms with Crippen LogP contribution in [0.15, 0.2) is 41.6 Å². The van der Waals surface area contributed by atoms with Gasteiger partial charge >= 0.3 is 0 Å². The molecule has 0 radical (unpaired) electrons. The van der Waals surface area contributed by atoms with Crippen molar-refractivity contribution in [2.24, 2.45) is 0 Å². The Kier molecular flexibility index (Phi) is 4.73. The maximum atomic E-state index is 11.7. The molecule has 0 saturated heterocycles. The van der Waals surface area contributed by atoms with Crippen molar-refractivity contribution in [3.05, 3.63) is 45.9 Å². The summed E-state index contributed by atoms with van der Waals surface area (Å²) in [4.78, 5) is 9.21. The van der Waals surface area contributed by atoms with Crippen LogP contribution in [0.5, 0.6) is 0 Å². The minimum Gasteiger partial charge on any atom is -0.386 e. The van der Waals surface area contributed by atoms with E-state index in [0.717, 1.165) is 11.1 Å². The van der Waals surface area contributed by atoms with Crippen molar-refractivity contribution >= 4 is 49.5 Å². The van der Waals surface area contributed by atoms with Crippen LogP contribution in [0, 0.1) is 0 Å². The van der Waals surface area contributed by atoms with Gasteiger partial charge in [-0.3, -0.25) is 0 Å². The molecule has 0 aliphatic carbocycles. The van der Waals surface area contributed by atoms with Crippen LogP contribution in [-0.2, 0) is 9.84 Å². The van der Waals surface area contributed by atoms with Crippen LogP contribution in [0.4, 0.5) is 5.82 Å². The summed E-state index contributed by atoms with van der Waals surface area (Å²) in [6, 6.07) is 8.16. The second kappa shape index (κ2) is 6.64. The summed E-state index contributed by atoms with van der Waals surface area (Å²) in [6.07, 6.45) is 1.79. The zero-order chi connectivity index (χ0) is 17.3. The van der Waals surface area contributed by atoms with Crippen LogP contribution in [-0.4, -0.2) is 36.3 Å². The molecule has 1 aromatic carbocycles. The highest BCUT2D eigenvalue weighted by atomic mass is 35.5. The molecule has 0 fully saturated rings. The number of benzene rings is 1. The molecule has 0 aliphatic rings. The minimum atomic E-state index is -3.33. The largest absolute Gasteiger partial charge is 0.386 e. The Morgan fingerprint density at radius 2 is 2.08 bits per heavy atom. The molecule has 0 spiro atoms. The summed E-state index contributed by atoms with van der Waals surface area (Å²) in [5.74, 6) is 0.465. The van der Waals surface area contributed by atoms with Crippen molar-refractivity contribution < 1.29 is 13.5 Å². The lowest BCUT2D eigenvalue weighted by molar-refractivity contribution is 0.195. The Balaban J connectivity index is 1.88. The van der Waals surface area contributed by atoms with Gasteiger partial charge in [-0.1, -0.05) is 11.6 Å². The van der Waals surface area contributed by atoms with E-state index in [0.29, 0.717) is 21.1 Å². The summed E-state index contributed by atoms with van der Waals surface area (Å²) >= 11 is 7.17. The van der Waals surface area contributed by atoms with Gasteiger partial charge in [-0.25, -0.2) is 18.4 Å². The molecule has 126 valence electrons. The Morgan fingerprint density at radius 3 is 2.75 bits per heavy atom. The second-order valence-corrected chi connectivity index (χ2v) is 8.97. The Morgan fingerprint density at radius 1 is 1.29 bits per heavy atom. The first-order valence-corrected chi connectivity index (χ1v) is 10.0. The van der Waals surface area contributed by atoms with E-state index >= 15 is 0 Å². The number of nitrogens with zero attached hydrogens (tertiary/aromatic N) is 2. The number of sulfone groups is 1. The summed E-state index contributed by atoms with van der Waals surface area (Å²) in [7, 11) is -3.33. The van der Waals surface area contributed by atoms with E-state index in [1.54, 1.807) is 18.2 Å². The predicted molar refractivity (Wildman–Crippen MR) is 95.4 cm³/mol. The standard InChI is InChI=1S/C15H14ClN3O3S2/c1-24(21,22)9-2-3-11-10(6-9)15(19-8-18-11)17-7-12(20)13-4-5-14(16)23-13/h2-6,8,12,20H,7H2,1H3,(H,17,18,19)/t12-/m1/s1. The van der Waals surface area contributed by atoms with Gasteiger partial charge in [-0.05, 0) is 30.3 Å². The summed E-state index contributed by atoms with van der Waals surface area (Å²) in [5, 5.41) is 13.8. The first kappa shape index (κ1) is 17.1. The average molecular weight is 384 g/mol. The maximum Gasteiger partial charge on any atom is 0.175 e. The molecule has 2 heterocycles. The third-order valence-corrected chi connectivity index (χ3v) is 5.86. The van der Waals surface area contributed by atoms with Gasteiger partial charge in [0, 0.05) is 23.1 Å². The molecule has 2 aromatic heterocycles. The minimum absolute atomic E-state index is 0.193. The zero-order valence-corrected chi connectivity index (χ0v) is 15.0. The molecule has 6 nitrogen and oxygen atoms in total. The van der Waals surface area contributed by atoms with Gasteiger partial charge in [0.15, 0.2) is 9.84 Å². The van der Waals surface area contributed by atoms with E-state index in [-0.39, 0.29) is 11.4 Å². The van der Waals surface area contributed by atoms with Crippen LogP contribution in [0.3, 0.4) is 0 Å². The number of nitrogens with one attached hydrogen (secondary N) is 1. The lowest BCUT2D eigenvalue weighted by Crippen LogP contribution is -2.12. The van der Waals surface area contributed by atoms with E-state index in [2.05, 4.69) is 15.3 Å². The van der Waals surface area contributed by atoms with Crippen molar-refractivity contribution in [2.45, 2.75) is 11.0 Å². The molecule has 1 atom stereocenters. The quantitative estimate of drug-likeness (QED) is 0.703. The molecule has 3 aromatic rings. The number of rotatable bonds is 5. The Hall–Kier alpha value is -1.74. The number of aromatic nitrogens is 2. The fourth-order valence-electron chi connectivity index (χ4n) is 2.21. The van der Waals surface area contributed by atoms with Gasteiger partial charge in [-0.2, -0.15) is 0 Å². The molecule has 3 rings (SSSR count). The molecule has 9 heteroatoms. The smallest absolute Gasteiger partial charge is 0.175 e. The first-order chi connectivity index (χ1) is 11.3. The number of aliphatic hydroxyl groups excluding tert-OH is 1. The van der Waals surface area contributed by atoms with Crippen LogP contribution in [0.1, 0.15) is 11.0 Å². The zero-order valence-electron chi connectivity index (χ0n) is 12.6. The van der Waals surface area contributed by atoms with Crippen molar-refractivity contribution in [1.29, 1.82) is 0 Å². The van der Waals surface area contributed by atoms with E-state index in [9.17, 15) is 13.5 Å². The topological polar surface area (TPSA) is 92.2 Å². The second-order valence-electron chi connectivity index (χ2n) is 5.21. The normalized spacial score (nSPS) is 13.1. The van der Waals surface area contributed by atoms with Crippen LogP contribution >= 0.6 is 22.9 Å². The van der Waals surface area contributed by atoms with E-state index in [1.807, 2.05) is 0 Å². The highest BCUT2D eigenvalue weighted by Gasteiger charge is 2.13. The highest BCUT2D eigenvalue weighted by molar-refractivity contribution is 7.90. The van der Waals surface area contributed by atoms with Crippen LogP contribution in [0.2, 0.25) is 4.34 Å². The third-order valence-electron chi connectivity index (χ3n) is 3.42. The molecule has 0 amide bonds. The van der Waals surface area contributed by atoms with Crippen molar-refractivity contribution in [2.75, 3.05) is 18.1 Å². The molecular weight excluding hydrogens is 370 g/mol. The Bertz CT molecular complexity index is 989. The molecule has 0 saturated carbocycles. The number of hydrogen-bond acceptors (Lipinski definition) is 7. The predicted octanol–water partition coefficient (Wildman–Crippen LogP) is 2.89. The van der Waals surface area contributed by atoms with E-state index in [4.69, 9.17) is 11.6 Å². The van der Waals surface area contributed by atoms with Gasteiger partial charge in [-0.15, -0.1) is 11.3 Å². The van der Waals surface area contributed by atoms with Gasteiger partial charge in [0.2, 0.25) is 0 Å².